The lowest BCUT2D eigenvalue weighted by Crippen LogP contribution is -2.09. The van der Waals surface area contributed by atoms with E-state index in [1.165, 1.54) is 28.8 Å². The first kappa shape index (κ1) is 11.7. The van der Waals surface area contributed by atoms with Gasteiger partial charge in [0.25, 0.3) is 0 Å². The Morgan fingerprint density at radius 3 is 2.67 bits per heavy atom. The van der Waals surface area contributed by atoms with Crippen LogP contribution in [-0.2, 0) is 6.42 Å². The monoisotopic (exact) mass is 258 g/mol. The highest BCUT2D eigenvalue weighted by Crippen LogP contribution is 2.34. The van der Waals surface area contributed by atoms with E-state index in [9.17, 15) is 0 Å². The number of hydrogen-bond acceptors (Lipinski definition) is 3. The number of thiazole rings is 1. The Kier molecular flexibility index (Phi) is 3.08. The zero-order valence-corrected chi connectivity index (χ0v) is 11.7. The molecule has 0 spiro atoms. The molecule has 2 nitrogen and oxygen atoms in total. The second-order valence-corrected chi connectivity index (χ2v) is 6.18. The maximum atomic E-state index is 4.70. The predicted molar refractivity (Wildman–Crippen MR) is 78.4 cm³/mol. The summed E-state index contributed by atoms with van der Waals surface area (Å²) in [6.45, 7) is 5.50. The van der Waals surface area contributed by atoms with Crippen LogP contribution in [0.1, 0.15) is 36.6 Å². The number of hydrogen-bond donors (Lipinski definition) is 1. The van der Waals surface area contributed by atoms with E-state index < -0.39 is 0 Å². The molecule has 18 heavy (non-hydrogen) atoms. The minimum atomic E-state index is 0.588. The Morgan fingerprint density at radius 2 is 2.00 bits per heavy atom. The van der Waals surface area contributed by atoms with E-state index in [1.54, 1.807) is 0 Å². The van der Waals surface area contributed by atoms with Crippen LogP contribution >= 0.6 is 11.3 Å². The van der Waals surface area contributed by atoms with Gasteiger partial charge in [0.15, 0.2) is 0 Å². The van der Waals surface area contributed by atoms with E-state index >= 15 is 0 Å². The average molecular weight is 258 g/mol. The van der Waals surface area contributed by atoms with Crippen LogP contribution in [0.3, 0.4) is 0 Å². The van der Waals surface area contributed by atoms with E-state index in [2.05, 4.69) is 43.4 Å². The summed E-state index contributed by atoms with van der Waals surface area (Å²) in [6, 6.07) is 8.82. The van der Waals surface area contributed by atoms with Gasteiger partial charge in [-0.15, -0.1) is 11.3 Å². The fourth-order valence-corrected chi connectivity index (χ4v) is 3.33. The topological polar surface area (TPSA) is 24.9 Å². The summed E-state index contributed by atoms with van der Waals surface area (Å²) in [5, 5.41) is 4.52. The summed E-state index contributed by atoms with van der Waals surface area (Å²) in [5.41, 5.74) is 2.62. The third-order valence-corrected chi connectivity index (χ3v) is 4.56. The number of benzene rings is 1. The fraction of sp³-hybridized carbons (Fsp3) is 0.400. The van der Waals surface area contributed by atoms with Crippen molar-refractivity contribution in [3.63, 3.8) is 0 Å². The maximum absolute atomic E-state index is 4.70. The molecule has 0 radical (unpaired) electrons. The first-order chi connectivity index (χ1) is 8.74. The summed E-state index contributed by atoms with van der Waals surface area (Å²) >= 11 is 1.83. The molecular weight excluding hydrogens is 240 g/mol. The summed E-state index contributed by atoms with van der Waals surface area (Å²) in [4.78, 5) is 6.11. The van der Waals surface area contributed by atoms with Gasteiger partial charge in [0.2, 0.25) is 0 Å². The largest absolute Gasteiger partial charge is 0.369 e. The highest BCUT2D eigenvalue weighted by atomic mass is 32.1. The van der Waals surface area contributed by atoms with Crippen molar-refractivity contribution < 1.29 is 0 Å². The second-order valence-electron chi connectivity index (χ2n) is 5.10. The van der Waals surface area contributed by atoms with Gasteiger partial charge >= 0.3 is 0 Å². The van der Waals surface area contributed by atoms with E-state index in [0.29, 0.717) is 5.92 Å². The number of aryl methyl sites for hydroxylation is 1. The number of nitrogens with one attached hydrogen (secondary N) is 1. The lowest BCUT2D eigenvalue weighted by atomic mass is 10.0. The summed E-state index contributed by atoms with van der Waals surface area (Å²) in [5.74, 6) is 1.69. The van der Waals surface area contributed by atoms with Crippen LogP contribution in [0.2, 0.25) is 0 Å². The van der Waals surface area contributed by atoms with Crippen molar-refractivity contribution in [2.75, 3.05) is 11.9 Å². The fourth-order valence-electron chi connectivity index (χ4n) is 2.25. The quantitative estimate of drug-likeness (QED) is 0.869. The predicted octanol–water partition coefficient (Wildman–Crippen LogP) is 4.29. The van der Waals surface area contributed by atoms with Gasteiger partial charge in [-0.2, -0.15) is 0 Å². The number of fused-ring (bicyclic) bond motifs is 1. The van der Waals surface area contributed by atoms with Crippen molar-refractivity contribution in [2.45, 2.75) is 32.6 Å². The Morgan fingerprint density at radius 1 is 1.22 bits per heavy atom. The van der Waals surface area contributed by atoms with Gasteiger partial charge in [-0.3, -0.25) is 0 Å². The molecule has 3 heteroatoms. The van der Waals surface area contributed by atoms with Crippen LogP contribution in [0.15, 0.2) is 24.3 Å². The van der Waals surface area contributed by atoms with E-state index in [0.717, 1.165) is 17.4 Å². The Bertz CT molecular complexity index is 517. The normalized spacial score (nSPS) is 14.4. The van der Waals surface area contributed by atoms with Crippen molar-refractivity contribution in [3.05, 3.63) is 34.7 Å². The third kappa shape index (κ3) is 2.15. The van der Waals surface area contributed by atoms with Crippen molar-refractivity contribution in [3.8, 4) is 10.6 Å². The molecule has 0 saturated heterocycles. The van der Waals surface area contributed by atoms with Gasteiger partial charge in [0.1, 0.15) is 10.8 Å². The molecule has 1 aromatic heterocycles. The Labute approximate surface area is 112 Å². The van der Waals surface area contributed by atoms with Crippen molar-refractivity contribution in [2.24, 2.45) is 0 Å². The summed E-state index contributed by atoms with van der Waals surface area (Å²) in [7, 11) is 0. The van der Waals surface area contributed by atoms with Crippen molar-refractivity contribution in [1.29, 1.82) is 0 Å². The molecule has 0 aliphatic carbocycles. The number of rotatable bonds is 2. The Hall–Kier alpha value is -1.35. The standard InChI is InChI=1S/C15H18N2S/c1-10(2)11-5-7-12(8-6-11)15-17-14-13(18-15)4-3-9-16-14/h5-8,10,16H,3-4,9H2,1-2H3. The van der Waals surface area contributed by atoms with Crippen LogP contribution in [0.5, 0.6) is 0 Å². The third-order valence-electron chi connectivity index (χ3n) is 3.39. The molecule has 2 aromatic rings. The molecular formula is C15H18N2S. The number of anilines is 1. The number of nitrogens with zero attached hydrogens (tertiary/aromatic N) is 1. The number of aromatic nitrogens is 1. The first-order valence-electron chi connectivity index (χ1n) is 6.58. The summed E-state index contributed by atoms with van der Waals surface area (Å²) in [6.07, 6.45) is 2.39. The molecule has 0 saturated carbocycles. The molecule has 1 aliphatic heterocycles. The molecule has 0 unspecified atom stereocenters. The molecule has 1 aliphatic rings. The highest BCUT2D eigenvalue weighted by Gasteiger charge is 2.15. The lowest BCUT2D eigenvalue weighted by molar-refractivity contribution is 0.837. The smallest absolute Gasteiger partial charge is 0.140 e. The minimum absolute atomic E-state index is 0.588. The van der Waals surface area contributed by atoms with Gasteiger partial charge in [0, 0.05) is 17.0 Å². The van der Waals surface area contributed by atoms with E-state index in [4.69, 9.17) is 4.98 Å². The van der Waals surface area contributed by atoms with Crippen LogP contribution in [0.4, 0.5) is 5.82 Å². The lowest BCUT2D eigenvalue weighted by Gasteiger charge is -2.10. The molecule has 0 atom stereocenters. The Balaban J connectivity index is 1.92. The molecule has 0 amide bonds. The molecule has 0 fully saturated rings. The van der Waals surface area contributed by atoms with Crippen molar-refractivity contribution in [1.82, 2.24) is 4.98 Å². The zero-order chi connectivity index (χ0) is 12.5. The van der Waals surface area contributed by atoms with E-state index in [1.807, 2.05) is 11.3 Å². The minimum Gasteiger partial charge on any atom is -0.369 e. The molecule has 2 heterocycles. The average Bonchev–Trinajstić information content (AvgIpc) is 2.82. The molecule has 1 N–H and O–H groups in total. The van der Waals surface area contributed by atoms with Gasteiger partial charge in [-0.1, -0.05) is 38.1 Å². The second kappa shape index (κ2) is 4.73. The van der Waals surface area contributed by atoms with Gasteiger partial charge in [-0.25, -0.2) is 4.98 Å². The summed E-state index contributed by atoms with van der Waals surface area (Å²) < 4.78 is 0. The van der Waals surface area contributed by atoms with Crippen LogP contribution in [-0.4, -0.2) is 11.5 Å². The molecule has 1 aromatic carbocycles. The maximum Gasteiger partial charge on any atom is 0.140 e. The van der Waals surface area contributed by atoms with Crippen LogP contribution in [0, 0.1) is 0 Å². The van der Waals surface area contributed by atoms with Crippen molar-refractivity contribution >= 4 is 17.2 Å². The molecule has 94 valence electrons. The molecule has 3 rings (SSSR count). The van der Waals surface area contributed by atoms with Gasteiger partial charge in [0.05, 0.1) is 0 Å². The highest BCUT2D eigenvalue weighted by molar-refractivity contribution is 7.15. The van der Waals surface area contributed by atoms with Crippen LogP contribution in [0.25, 0.3) is 10.6 Å². The SMILES string of the molecule is CC(C)c1ccc(-c2nc3c(s2)CCCN3)cc1. The van der Waals surface area contributed by atoms with Crippen LogP contribution < -0.4 is 5.32 Å². The van der Waals surface area contributed by atoms with Gasteiger partial charge in [-0.05, 0) is 24.3 Å². The van der Waals surface area contributed by atoms with Gasteiger partial charge < -0.3 is 5.32 Å². The molecule has 0 bridgehead atoms. The first-order valence-corrected chi connectivity index (χ1v) is 7.39. The van der Waals surface area contributed by atoms with E-state index in [-0.39, 0.29) is 0 Å². The zero-order valence-electron chi connectivity index (χ0n) is 10.9.